The van der Waals surface area contributed by atoms with Gasteiger partial charge >= 0.3 is 0 Å². The quantitative estimate of drug-likeness (QED) is 0.762. The average Bonchev–Trinajstić information content (AvgIpc) is 2.38. The van der Waals surface area contributed by atoms with E-state index in [0.29, 0.717) is 17.2 Å². The van der Waals surface area contributed by atoms with Gasteiger partial charge in [0.05, 0.1) is 17.5 Å². The Bertz CT molecular complexity index is 639. The Morgan fingerprint density at radius 2 is 1.83 bits per heavy atom. The van der Waals surface area contributed by atoms with Gasteiger partial charge in [0.1, 0.15) is 0 Å². The first-order valence-electron chi connectivity index (χ1n) is 7.98. The van der Waals surface area contributed by atoms with Crippen LogP contribution in [0.5, 0.6) is 0 Å². The van der Waals surface area contributed by atoms with Gasteiger partial charge in [-0.2, -0.15) is 0 Å². The van der Waals surface area contributed by atoms with Crippen molar-refractivity contribution in [3.8, 4) is 0 Å². The second-order valence-corrected chi connectivity index (χ2v) is 8.37. The molecule has 0 fully saturated rings. The third-order valence-electron chi connectivity index (χ3n) is 3.51. The molecule has 1 rings (SSSR count). The van der Waals surface area contributed by atoms with Gasteiger partial charge in [-0.25, -0.2) is 8.42 Å². The Labute approximate surface area is 139 Å². The lowest BCUT2D eigenvalue weighted by atomic mass is 10.0. The summed E-state index contributed by atoms with van der Waals surface area (Å²) in [6.07, 6.45) is 4.17. The van der Waals surface area contributed by atoms with Gasteiger partial charge in [0.25, 0.3) is 5.91 Å². The molecule has 0 saturated carbocycles. The minimum Gasteiger partial charge on any atom is -0.350 e. The fourth-order valence-corrected chi connectivity index (χ4v) is 2.92. The summed E-state index contributed by atoms with van der Waals surface area (Å²) < 4.78 is 25.3. The van der Waals surface area contributed by atoms with Crippen molar-refractivity contribution in [2.24, 2.45) is 5.92 Å². The fourth-order valence-electron chi connectivity index (χ4n) is 2.34. The van der Waals surface area contributed by atoms with Crippen molar-refractivity contribution in [1.82, 2.24) is 5.32 Å². The molecule has 5 nitrogen and oxygen atoms in total. The summed E-state index contributed by atoms with van der Waals surface area (Å²) in [5.74, 6) is 0.400. The molecule has 0 aliphatic rings. The molecule has 0 bridgehead atoms. The van der Waals surface area contributed by atoms with Gasteiger partial charge < -0.3 is 5.32 Å². The lowest BCUT2D eigenvalue weighted by Crippen LogP contribution is -2.33. The molecule has 6 heteroatoms. The SMILES string of the molecule is Cc1ccc(NS(C)(=O)=O)c(C(=O)NC(C)CCCC(C)C)c1. The van der Waals surface area contributed by atoms with E-state index < -0.39 is 10.0 Å². The predicted molar refractivity (Wildman–Crippen MR) is 95.3 cm³/mol. The Balaban J connectivity index is 2.80. The number of carbonyl (C=O) groups is 1. The number of hydrogen-bond donors (Lipinski definition) is 2. The molecule has 1 unspecified atom stereocenters. The average molecular weight is 340 g/mol. The van der Waals surface area contributed by atoms with Crippen LogP contribution in [0.25, 0.3) is 0 Å². The zero-order valence-electron chi connectivity index (χ0n) is 14.6. The van der Waals surface area contributed by atoms with Gasteiger partial charge in [-0.05, 0) is 38.3 Å². The van der Waals surface area contributed by atoms with Crippen LogP contribution in [-0.4, -0.2) is 26.6 Å². The highest BCUT2D eigenvalue weighted by Crippen LogP contribution is 2.19. The van der Waals surface area contributed by atoms with Crippen molar-refractivity contribution < 1.29 is 13.2 Å². The maximum absolute atomic E-state index is 12.5. The molecule has 0 radical (unpaired) electrons. The monoisotopic (exact) mass is 340 g/mol. The lowest BCUT2D eigenvalue weighted by molar-refractivity contribution is 0.0938. The minimum atomic E-state index is -3.43. The minimum absolute atomic E-state index is 0.0489. The standard InChI is InChI=1S/C17H28N2O3S/c1-12(2)7-6-8-14(4)18-17(20)15-11-13(3)9-10-16(15)19-23(5,21)22/h9-12,14,19H,6-8H2,1-5H3,(H,18,20). The third kappa shape index (κ3) is 7.50. The number of rotatable bonds is 8. The van der Waals surface area contributed by atoms with Gasteiger partial charge in [0, 0.05) is 6.04 Å². The Hall–Kier alpha value is -1.56. The molecule has 23 heavy (non-hydrogen) atoms. The van der Waals surface area contributed by atoms with Crippen LogP contribution < -0.4 is 10.0 Å². The number of aryl methyl sites for hydroxylation is 1. The number of sulfonamides is 1. The van der Waals surface area contributed by atoms with Crippen LogP contribution in [0.3, 0.4) is 0 Å². The summed E-state index contributed by atoms with van der Waals surface area (Å²) in [5, 5.41) is 2.95. The van der Waals surface area contributed by atoms with E-state index in [1.165, 1.54) is 0 Å². The Morgan fingerprint density at radius 3 is 2.39 bits per heavy atom. The van der Waals surface area contributed by atoms with E-state index in [1.807, 2.05) is 13.8 Å². The van der Waals surface area contributed by atoms with Crippen molar-refractivity contribution >= 4 is 21.6 Å². The van der Waals surface area contributed by atoms with Gasteiger partial charge in [-0.3, -0.25) is 9.52 Å². The molecule has 0 aromatic heterocycles. The van der Waals surface area contributed by atoms with Crippen LogP contribution >= 0.6 is 0 Å². The molecule has 0 saturated heterocycles. The molecule has 0 heterocycles. The largest absolute Gasteiger partial charge is 0.350 e. The molecule has 0 aliphatic carbocycles. The molecule has 130 valence electrons. The van der Waals surface area contributed by atoms with E-state index in [2.05, 4.69) is 23.9 Å². The van der Waals surface area contributed by atoms with Gasteiger partial charge in [0.15, 0.2) is 0 Å². The highest BCUT2D eigenvalue weighted by Gasteiger charge is 2.16. The maximum atomic E-state index is 12.5. The molecule has 1 atom stereocenters. The Morgan fingerprint density at radius 1 is 1.17 bits per heavy atom. The van der Waals surface area contributed by atoms with Crippen LogP contribution in [0.1, 0.15) is 56.0 Å². The van der Waals surface area contributed by atoms with E-state index >= 15 is 0 Å². The summed E-state index contributed by atoms with van der Waals surface area (Å²) in [6.45, 7) is 8.20. The Kier molecular flexibility index (Phi) is 7.06. The van der Waals surface area contributed by atoms with Gasteiger partial charge in [-0.15, -0.1) is 0 Å². The van der Waals surface area contributed by atoms with Crippen LogP contribution in [0.15, 0.2) is 18.2 Å². The van der Waals surface area contributed by atoms with Crippen LogP contribution in [0.2, 0.25) is 0 Å². The first-order chi connectivity index (χ1) is 10.6. The summed E-state index contributed by atoms with van der Waals surface area (Å²) in [7, 11) is -3.43. The first-order valence-corrected chi connectivity index (χ1v) is 9.87. The lowest BCUT2D eigenvalue weighted by Gasteiger charge is -2.17. The molecular weight excluding hydrogens is 312 g/mol. The van der Waals surface area contributed by atoms with Crippen molar-refractivity contribution in [3.63, 3.8) is 0 Å². The molecule has 1 amide bonds. The molecule has 1 aromatic carbocycles. The smallest absolute Gasteiger partial charge is 0.253 e. The zero-order valence-corrected chi connectivity index (χ0v) is 15.5. The maximum Gasteiger partial charge on any atom is 0.253 e. The van der Waals surface area contributed by atoms with Crippen molar-refractivity contribution in [1.29, 1.82) is 0 Å². The van der Waals surface area contributed by atoms with Crippen molar-refractivity contribution in [2.75, 3.05) is 11.0 Å². The van der Waals surface area contributed by atoms with Crippen LogP contribution in [0, 0.1) is 12.8 Å². The second kappa shape index (κ2) is 8.34. The number of nitrogens with one attached hydrogen (secondary N) is 2. The summed E-state index contributed by atoms with van der Waals surface area (Å²) in [4.78, 5) is 12.5. The van der Waals surface area contributed by atoms with E-state index in [1.54, 1.807) is 18.2 Å². The summed E-state index contributed by atoms with van der Waals surface area (Å²) in [5.41, 5.74) is 1.57. The topological polar surface area (TPSA) is 75.3 Å². The second-order valence-electron chi connectivity index (χ2n) is 6.62. The molecule has 0 aliphatic heterocycles. The first kappa shape index (κ1) is 19.5. The van der Waals surface area contributed by atoms with E-state index in [-0.39, 0.29) is 11.9 Å². The zero-order chi connectivity index (χ0) is 17.6. The fraction of sp³-hybridized carbons (Fsp3) is 0.588. The molecular formula is C17H28N2O3S. The molecule has 0 spiro atoms. The number of carbonyl (C=O) groups excluding carboxylic acids is 1. The van der Waals surface area contributed by atoms with Crippen LogP contribution in [0.4, 0.5) is 5.69 Å². The third-order valence-corrected chi connectivity index (χ3v) is 4.10. The number of anilines is 1. The van der Waals surface area contributed by atoms with E-state index in [4.69, 9.17) is 0 Å². The summed E-state index contributed by atoms with van der Waals surface area (Å²) >= 11 is 0. The van der Waals surface area contributed by atoms with E-state index in [0.717, 1.165) is 31.1 Å². The number of benzene rings is 1. The van der Waals surface area contributed by atoms with Gasteiger partial charge in [0.2, 0.25) is 10.0 Å². The van der Waals surface area contributed by atoms with Crippen molar-refractivity contribution in [2.45, 2.75) is 53.0 Å². The number of amides is 1. The molecule has 2 N–H and O–H groups in total. The summed E-state index contributed by atoms with van der Waals surface area (Å²) in [6, 6.07) is 5.14. The molecule has 1 aromatic rings. The predicted octanol–water partition coefficient (Wildman–Crippen LogP) is 3.31. The highest BCUT2D eigenvalue weighted by atomic mass is 32.2. The van der Waals surface area contributed by atoms with Crippen LogP contribution in [-0.2, 0) is 10.0 Å². The highest BCUT2D eigenvalue weighted by molar-refractivity contribution is 7.92. The number of hydrogen-bond acceptors (Lipinski definition) is 3. The van der Waals surface area contributed by atoms with Crippen molar-refractivity contribution in [3.05, 3.63) is 29.3 Å². The van der Waals surface area contributed by atoms with Gasteiger partial charge in [-0.1, -0.05) is 38.3 Å². The normalized spacial score (nSPS) is 13.0. The van der Waals surface area contributed by atoms with E-state index in [9.17, 15) is 13.2 Å².